The predicted molar refractivity (Wildman–Crippen MR) is 117 cm³/mol. The molecule has 0 heterocycles. The fourth-order valence-corrected chi connectivity index (χ4v) is 2.20. The van der Waals surface area contributed by atoms with E-state index in [4.69, 9.17) is 14.2 Å². The fourth-order valence-electron chi connectivity index (χ4n) is 2.20. The molecule has 0 aliphatic rings. The summed E-state index contributed by atoms with van der Waals surface area (Å²) >= 11 is 0. The summed E-state index contributed by atoms with van der Waals surface area (Å²) in [5.74, 6) is 2.85. The number of ether oxygens (including phenoxy) is 3. The van der Waals surface area contributed by atoms with Crippen LogP contribution in [0.5, 0.6) is 17.2 Å². The van der Waals surface area contributed by atoms with Crippen LogP contribution in [0.4, 0.5) is 5.69 Å². The van der Waals surface area contributed by atoms with Gasteiger partial charge < -0.3 is 24.8 Å². The topological polar surface area (TPSA) is 64.1 Å². The molecular formula is C19H26IN3O3. The van der Waals surface area contributed by atoms with Crippen molar-refractivity contribution in [2.75, 3.05) is 39.7 Å². The van der Waals surface area contributed by atoms with Gasteiger partial charge in [0.2, 0.25) is 0 Å². The molecule has 0 aliphatic heterocycles. The molecule has 0 aromatic heterocycles. The molecular weight excluding hydrogens is 445 g/mol. The SMILES string of the molecule is CN=C(NCCOc1ccc(C)cc1)Nc1ccc(OC)c(OC)c1.I. The Morgan fingerprint density at radius 1 is 1.00 bits per heavy atom. The predicted octanol–water partition coefficient (Wildman–Crippen LogP) is 3.70. The summed E-state index contributed by atoms with van der Waals surface area (Å²) in [6.07, 6.45) is 0. The van der Waals surface area contributed by atoms with Crippen LogP contribution in [-0.2, 0) is 0 Å². The van der Waals surface area contributed by atoms with Gasteiger partial charge in [0.15, 0.2) is 17.5 Å². The van der Waals surface area contributed by atoms with Gasteiger partial charge in [0, 0.05) is 18.8 Å². The lowest BCUT2D eigenvalue weighted by molar-refractivity contribution is 0.322. The Morgan fingerprint density at radius 2 is 1.69 bits per heavy atom. The van der Waals surface area contributed by atoms with Crippen molar-refractivity contribution >= 4 is 35.6 Å². The van der Waals surface area contributed by atoms with E-state index in [0.717, 1.165) is 11.4 Å². The first-order chi connectivity index (χ1) is 12.2. The molecule has 0 saturated heterocycles. The van der Waals surface area contributed by atoms with Crippen molar-refractivity contribution in [3.8, 4) is 17.2 Å². The van der Waals surface area contributed by atoms with Crippen LogP contribution in [0.2, 0.25) is 0 Å². The van der Waals surface area contributed by atoms with Crippen LogP contribution in [0.15, 0.2) is 47.5 Å². The minimum atomic E-state index is 0. The smallest absolute Gasteiger partial charge is 0.195 e. The Labute approximate surface area is 172 Å². The summed E-state index contributed by atoms with van der Waals surface area (Å²) in [6, 6.07) is 13.6. The fraction of sp³-hybridized carbons (Fsp3) is 0.316. The van der Waals surface area contributed by atoms with Crippen molar-refractivity contribution in [3.63, 3.8) is 0 Å². The van der Waals surface area contributed by atoms with E-state index in [0.29, 0.717) is 30.6 Å². The highest BCUT2D eigenvalue weighted by atomic mass is 127. The van der Waals surface area contributed by atoms with Crippen molar-refractivity contribution in [2.45, 2.75) is 6.92 Å². The van der Waals surface area contributed by atoms with E-state index in [1.807, 2.05) is 42.5 Å². The average molecular weight is 471 g/mol. The van der Waals surface area contributed by atoms with Crippen molar-refractivity contribution in [1.29, 1.82) is 0 Å². The number of aliphatic imine (C=N–C) groups is 1. The van der Waals surface area contributed by atoms with Crippen LogP contribution in [0.3, 0.4) is 0 Å². The minimum absolute atomic E-state index is 0. The lowest BCUT2D eigenvalue weighted by atomic mass is 10.2. The molecule has 2 rings (SSSR count). The first-order valence-corrected chi connectivity index (χ1v) is 8.05. The third-order valence-corrected chi connectivity index (χ3v) is 3.55. The van der Waals surface area contributed by atoms with Gasteiger partial charge in [-0.2, -0.15) is 0 Å². The summed E-state index contributed by atoms with van der Waals surface area (Å²) in [4.78, 5) is 4.20. The molecule has 26 heavy (non-hydrogen) atoms. The number of hydrogen-bond donors (Lipinski definition) is 2. The lowest BCUT2D eigenvalue weighted by Gasteiger charge is -2.14. The highest BCUT2D eigenvalue weighted by Gasteiger charge is 2.06. The van der Waals surface area contributed by atoms with Gasteiger partial charge in [-0.15, -0.1) is 24.0 Å². The van der Waals surface area contributed by atoms with Gasteiger partial charge in [-0.3, -0.25) is 4.99 Å². The van der Waals surface area contributed by atoms with Crippen LogP contribution in [-0.4, -0.2) is 40.4 Å². The van der Waals surface area contributed by atoms with Gasteiger partial charge >= 0.3 is 0 Å². The van der Waals surface area contributed by atoms with Crippen molar-refractivity contribution in [2.24, 2.45) is 4.99 Å². The maximum atomic E-state index is 5.69. The number of aryl methyl sites for hydroxylation is 1. The van der Waals surface area contributed by atoms with Crippen LogP contribution in [0.25, 0.3) is 0 Å². The van der Waals surface area contributed by atoms with E-state index >= 15 is 0 Å². The van der Waals surface area contributed by atoms with E-state index in [9.17, 15) is 0 Å². The zero-order valence-electron chi connectivity index (χ0n) is 15.5. The average Bonchev–Trinajstić information content (AvgIpc) is 2.65. The van der Waals surface area contributed by atoms with E-state index in [1.165, 1.54) is 5.56 Å². The molecule has 0 saturated carbocycles. The largest absolute Gasteiger partial charge is 0.493 e. The number of halogens is 1. The second-order valence-electron chi connectivity index (χ2n) is 5.36. The summed E-state index contributed by atoms with van der Waals surface area (Å²) in [7, 11) is 4.94. The lowest BCUT2D eigenvalue weighted by Crippen LogP contribution is -2.33. The third-order valence-electron chi connectivity index (χ3n) is 3.55. The quantitative estimate of drug-likeness (QED) is 0.279. The zero-order valence-corrected chi connectivity index (χ0v) is 17.9. The first-order valence-electron chi connectivity index (χ1n) is 8.05. The third kappa shape index (κ3) is 6.62. The molecule has 142 valence electrons. The standard InChI is InChI=1S/C19H25N3O3.HI/c1-14-5-8-16(9-6-14)25-12-11-21-19(20-2)22-15-7-10-17(23-3)18(13-15)24-4;/h5-10,13H,11-12H2,1-4H3,(H2,20,21,22);1H. The Bertz CT molecular complexity index is 706. The molecule has 0 radical (unpaired) electrons. The Morgan fingerprint density at radius 3 is 2.31 bits per heavy atom. The zero-order chi connectivity index (χ0) is 18.1. The van der Waals surface area contributed by atoms with Gasteiger partial charge in [-0.05, 0) is 31.2 Å². The van der Waals surface area contributed by atoms with Gasteiger partial charge in [-0.25, -0.2) is 0 Å². The van der Waals surface area contributed by atoms with Crippen molar-refractivity contribution in [3.05, 3.63) is 48.0 Å². The number of guanidine groups is 1. The molecule has 2 aromatic rings. The molecule has 0 amide bonds. The van der Waals surface area contributed by atoms with E-state index in [-0.39, 0.29) is 24.0 Å². The molecule has 2 aromatic carbocycles. The summed E-state index contributed by atoms with van der Waals surface area (Å²) < 4.78 is 16.2. The number of anilines is 1. The highest BCUT2D eigenvalue weighted by Crippen LogP contribution is 2.29. The van der Waals surface area contributed by atoms with Gasteiger partial charge in [0.1, 0.15) is 12.4 Å². The molecule has 2 N–H and O–H groups in total. The molecule has 0 unspecified atom stereocenters. The molecule has 7 heteroatoms. The number of hydrogen-bond acceptors (Lipinski definition) is 4. The maximum absolute atomic E-state index is 5.69. The van der Waals surface area contributed by atoms with E-state index < -0.39 is 0 Å². The van der Waals surface area contributed by atoms with Crippen LogP contribution < -0.4 is 24.8 Å². The van der Waals surface area contributed by atoms with Gasteiger partial charge in [0.25, 0.3) is 0 Å². The number of nitrogens with zero attached hydrogens (tertiary/aromatic N) is 1. The molecule has 0 fully saturated rings. The Hall–Kier alpha value is -2.16. The van der Waals surface area contributed by atoms with Gasteiger partial charge in [0.05, 0.1) is 20.8 Å². The second kappa shape index (κ2) is 11.5. The molecule has 6 nitrogen and oxygen atoms in total. The number of benzene rings is 2. The normalized spacial score (nSPS) is 10.5. The van der Waals surface area contributed by atoms with Crippen LogP contribution in [0, 0.1) is 6.92 Å². The van der Waals surface area contributed by atoms with Crippen LogP contribution >= 0.6 is 24.0 Å². The van der Waals surface area contributed by atoms with Crippen molar-refractivity contribution in [1.82, 2.24) is 5.32 Å². The molecule has 0 aliphatic carbocycles. The summed E-state index contributed by atoms with van der Waals surface area (Å²) in [6.45, 7) is 3.21. The summed E-state index contributed by atoms with van der Waals surface area (Å²) in [5, 5.41) is 6.42. The number of methoxy groups -OCH3 is 2. The van der Waals surface area contributed by atoms with E-state index in [1.54, 1.807) is 21.3 Å². The number of rotatable bonds is 7. The Kier molecular flexibility index (Phi) is 9.64. The summed E-state index contributed by atoms with van der Waals surface area (Å²) in [5.41, 5.74) is 2.07. The highest BCUT2D eigenvalue weighted by molar-refractivity contribution is 14.0. The van der Waals surface area contributed by atoms with Gasteiger partial charge in [-0.1, -0.05) is 17.7 Å². The number of nitrogens with one attached hydrogen (secondary N) is 2. The molecule has 0 spiro atoms. The minimum Gasteiger partial charge on any atom is -0.493 e. The Balaban J connectivity index is 0.00000338. The second-order valence-corrected chi connectivity index (χ2v) is 5.36. The first kappa shape index (κ1) is 21.9. The molecule has 0 atom stereocenters. The van der Waals surface area contributed by atoms with Crippen LogP contribution in [0.1, 0.15) is 5.56 Å². The van der Waals surface area contributed by atoms with E-state index in [2.05, 4.69) is 22.5 Å². The monoisotopic (exact) mass is 471 g/mol. The van der Waals surface area contributed by atoms with Crippen molar-refractivity contribution < 1.29 is 14.2 Å². The molecule has 0 bridgehead atoms. The maximum Gasteiger partial charge on any atom is 0.195 e.